The number of hydrogen-bond donors (Lipinski definition) is 1. The highest BCUT2D eigenvalue weighted by Gasteiger charge is 2.31. The Bertz CT molecular complexity index is 427. The first-order chi connectivity index (χ1) is 10.0. The van der Waals surface area contributed by atoms with Crippen LogP contribution in [0.25, 0.3) is 0 Å². The third kappa shape index (κ3) is 4.72. The predicted octanol–water partition coefficient (Wildman–Crippen LogP) is 3.09. The zero-order chi connectivity index (χ0) is 15.3. The van der Waals surface area contributed by atoms with Crippen molar-refractivity contribution in [3.63, 3.8) is 0 Å². The average Bonchev–Trinajstić information content (AvgIpc) is 2.48. The van der Waals surface area contributed by atoms with E-state index in [2.05, 4.69) is 55.3 Å². The molecular formula is C18H30N2O. The SMILES string of the molecule is CCCC1CNC(C)(C)CN1CCc1ccc(OC)cc1. The summed E-state index contributed by atoms with van der Waals surface area (Å²) in [6.07, 6.45) is 3.65. The Morgan fingerprint density at radius 2 is 2.00 bits per heavy atom. The van der Waals surface area contributed by atoms with Crippen molar-refractivity contribution >= 4 is 0 Å². The highest BCUT2D eigenvalue weighted by atomic mass is 16.5. The third-order valence-corrected chi connectivity index (χ3v) is 4.40. The topological polar surface area (TPSA) is 24.5 Å². The minimum Gasteiger partial charge on any atom is -0.497 e. The number of benzene rings is 1. The number of ether oxygens (including phenoxy) is 1. The molecule has 3 heteroatoms. The van der Waals surface area contributed by atoms with Gasteiger partial charge in [-0.2, -0.15) is 0 Å². The highest BCUT2D eigenvalue weighted by Crippen LogP contribution is 2.19. The standard InChI is InChI=1S/C18H30N2O/c1-5-6-16-13-19-18(2,3)14-20(16)12-11-15-7-9-17(21-4)10-8-15/h7-10,16,19H,5-6,11-14H2,1-4H3. The second-order valence-corrected chi connectivity index (χ2v) is 6.78. The molecule has 0 aromatic heterocycles. The quantitative estimate of drug-likeness (QED) is 0.871. The largest absolute Gasteiger partial charge is 0.497 e. The van der Waals surface area contributed by atoms with Crippen molar-refractivity contribution in [1.29, 1.82) is 0 Å². The normalized spacial score (nSPS) is 22.2. The lowest BCUT2D eigenvalue weighted by atomic mass is 9.96. The van der Waals surface area contributed by atoms with E-state index >= 15 is 0 Å². The van der Waals surface area contributed by atoms with Crippen molar-refractivity contribution in [3.05, 3.63) is 29.8 Å². The molecule has 0 bridgehead atoms. The number of hydrogen-bond acceptors (Lipinski definition) is 3. The number of nitrogens with one attached hydrogen (secondary N) is 1. The molecule has 1 aromatic carbocycles. The second kappa shape index (κ2) is 7.28. The van der Waals surface area contributed by atoms with Crippen molar-refractivity contribution in [2.75, 3.05) is 26.7 Å². The Morgan fingerprint density at radius 1 is 1.29 bits per heavy atom. The summed E-state index contributed by atoms with van der Waals surface area (Å²) in [4.78, 5) is 2.67. The van der Waals surface area contributed by atoms with Crippen molar-refractivity contribution in [2.45, 2.75) is 51.6 Å². The van der Waals surface area contributed by atoms with Gasteiger partial charge in [0.15, 0.2) is 0 Å². The minimum atomic E-state index is 0.226. The van der Waals surface area contributed by atoms with E-state index in [-0.39, 0.29) is 5.54 Å². The van der Waals surface area contributed by atoms with Gasteiger partial charge in [0, 0.05) is 31.2 Å². The molecule has 2 rings (SSSR count). The smallest absolute Gasteiger partial charge is 0.118 e. The van der Waals surface area contributed by atoms with Gasteiger partial charge in [-0.15, -0.1) is 0 Å². The molecule has 1 fully saturated rings. The van der Waals surface area contributed by atoms with Gasteiger partial charge >= 0.3 is 0 Å². The van der Waals surface area contributed by atoms with Crippen LogP contribution in [0.4, 0.5) is 0 Å². The maximum Gasteiger partial charge on any atom is 0.118 e. The van der Waals surface area contributed by atoms with Crippen LogP contribution in [0.5, 0.6) is 5.75 Å². The predicted molar refractivity (Wildman–Crippen MR) is 89.0 cm³/mol. The Kier molecular flexibility index (Phi) is 5.65. The van der Waals surface area contributed by atoms with Crippen molar-refractivity contribution in [3.8, 4) is 5.75 Å². The van der Waals surface area contributed by atoms with Crippen LogP contribution in [-0.4, -0.2) is 43.2 Å². The van der Waals surface area contributed by atoms with Crippen LogP contribution < -0.4 is 10.1 Å². The number of rotatable bonds is 6. The molecule has 0 radical (unpaired) electrons. The zero-order valence-corrected chi connectivity index (χ0v) is 14.0. The molecule has 1 heterocycles. The maximum atomic E-state index is 5.22. The van der Waals surface area contributed by atoms with E-state index in [0.29, 0.717) is 6.04 Å². The van der Waals surface area contributed by atoms with Crippen LogP contribution >= 0.6 is 0 Å². The third-order valence-electron chi connectivity index (χ3n) is 4.40. The van der Waals surface area contributed by atoms with Crippen LogP contribution in [-0.2, 0) is 6.42 Å². The van der Waals surface area contributed by atoms with Crippen LogP contribution in [0.2, 0.25) is 0 Å². The van der Waals surface area contributed by atoms with E-state index in [1.807, 2.05) is 0 Å². The molecule has 1 saturated heterocycles. The summed E-state index contributed by atoms with van der Waals surface area (Å²) in [6, 6.07) is 9.16. The van der Waals surface area contributed by atoms with Crippen molar-refractivity contribution in [1.82, 2.24) is 10.2 Å². The summed E-state index contributed by atoms with van der Waals surface area (Å²) in [7, 11) is 1.72. The molecule has 1 atom stereocenters. The van der Waals surface area contributed by atoms with Gasteiger partial charge in [-0.05, 0) is 44.4 Å². The number of piperazine rings is 1. The van der Waals surface area contributed by atoms with Crippen molar-refractivity contribution in [2.24, 2.45) is 0 Å². The van der Waals surface area contributed by atoms with E-state index in [0.717, 1.165) is 31.8 Å². The Hall–Kier alpha value is -1.06. The van der Waals surface area contributed by atoms with Gasteiger partial charge in [0.25, 0.3) is 0 Å². The summed E-state index contributed by atoms with van der Waals surface area (Å²) in [5, 5.41) is 3.68. The van der Waals surface area contributed by atoms with E-state index in [1.54, 1.807) is 7.11 Å². The molecule has 118 valence electrons. The molecule has 0 spiro atoms. The maximum absolute atomic E-state index is 5.22. The Balaban J connectivity index is 1.93. The van der Waals surface area contributed by atoms with Gasteiger partial charge in [0.2, 0.25) is 0 Å². The molecule has 21 heavy (non-hydrogen) atoms. The summed E-state index contributed by atoms with van der Waals surface area (Å²) >= 11 is 0. The molecule has 0 saturated carbocycles. The van der Waals surface area contributed by atoms with Crippen molar-refractivity contribution < 1.29 is 4.74 Å². The van der Waals surface area contributed by atoms with E-state index in [1.165, 1.54) is 18.4 Å². The summed E-state index contributed by atoms with van der Waals surface area (Å²) in [5.41, 5.74) is 1.62. The summed E-state index contributed by atoms with van der Waals surface area (Å²) in [6.45, 7) is 10.3. The van der Waals surface area contributed by atoms with Crippen LogP contribution in [0.3, 0.4) is 0 Å². The van der Waals surface area contributed by atoms with E-state index < -0.39 is 0 Å². The fraction of sp³-hybridized carbons (Fsp3) is 0.667. The zero-order valence-electron chi connectivity index (χ0n) is 14.0. The first kappa shape index (κ1) is 16.3. The molecule has 1 aliphatic heterocycles. The van der Waals surface area contributed by atoms with Crippen LogP contribution in [0.15, 0.2) is 24.3 Å². The lowest BCUT2D eigenvalue weighted by Crippen LogP contribution is -2.61. The van der Waals surface area contributed by atoms with Gasteiger partial charge in [-0.25, -0.2) is 0 Å². The minimum absolute atomic E-state index is 0.226. The Labute approximate surface area is 129 Å². The number of methoxy groups -OCH3 is 1. The van der Waals surface area contributed by atoms with Gasteiger partial charge < -0.3 is 10.1 Å². The van der Waals surface area contributed by atoms with E-state index in [9.17, 15) is 0 Å². The Morgan fingerprint density at radius 3 is 2.62 bits per heavy atom. The molecule has 1 aromatic rings. The lowest BCUT2D eigenvalue weighted by Gasteiger charge is -2.45. The molecule has 1 N–H and O–H groups in total. The van der Waals surface area contributed by atoms with Crippen LogP contribution in [0.1, 0.15) is 39.2 Å². The molecule has 1 unspecified atom stereocenters. The fourth-order valence-electron chi connectivity index (χ4n) is 3.16. The van der Waals surface area contributed by atoms with Gasteiger partial charge in [0.1, 0.15) is 5.75 Å². The first-order valence-electron chi connectivity index (χ1n) is 8.16. The summed E-state index contributed by atoms with van der Waals surface area (Å²) in [5.74, 6) is 0.936. The van der Waals surface area contributed by atoms with Gasteiger partial charge in [0.05, 0.1) is 7.11 Å². The average molecular weight is 290 g/mol. The molecule has 1 aliphatic rings. The molecule has 0 aliphatic carbocycles. The second-order valence-electron chi connectivity index (χ2n) is 6.78. The first-order valence-corrected chi connectivity index (χ1v) is 8.16. The lowest BCUT2D eigenvalue weighted by molar-refractivity contribution is 0.0907. The van der Waals surface area contributed by atoms with E-state index in [4.69, 9.17) is 4.74 Å². The highest BCUT2D eigenvalue weighted by molar-refractivity contribution is 5.27. The molecular weight excluding hydrogens is 260 g/mol. The van der Waals surface area contributed by atoms with Gasteiger partial charge in [-0.1, -0.05) is 25.5 Å². The monoisotopic (exact) mass is 290 g/mol. The molecule has 0 amide bonds. The number of nitrogens with zero attached hydrogens (tertiary/aromatic N) is 1. The molecule has 3 nitrogen and oxygen atoms in total. The van der Waals surface area contributed by atoms with Gasteiger partial charge in [-0.3, -0.25) is 4.90 Å². The summed E-state index contributed by atoms with van der Waals surface area (Å²) < 4.78 is 5.22. The fourth-order valence-corrected chi connectivity index (χ4v) is 3.16. The van der Waals surface area contributed by atoms with Crippen LogP contribution in [0, 0.1) is 0 Å².